The first-order valence-corrected chi connectivity index (χ1v) is 8.53. The second kappa shape index (κ2) is 7.89. The molecule has 0 aliphatic rings. The lowest BCUT2D eigenvalue weighted by Gasteiger charge is -2.06. The lowest BCUT2D eigenvalue weighted by molar-refractivity contribution is -0.113. The molecule has 0 saturated carbocycles. The number of carbonyl (C=O) groups excluding carboxylic acids is 1. The Morgan fingerprint density at radius 1 is 1.13 bits per heavy atom. The summed E-state index contributed by atoms with van der Waals surface area (Å²) in [7, 11) is -1.39. The highest BCUT2D eigenvalue weighted by Crippen LogP contribution is 2.15. The van der Waals surface area contributed by atoms with E-state index in [9.17, 15) is 13.8 Å². The van der Waals surface area contributed by atoms with E-state index in [0.717, 1.165) is 0 Å². The van der Waals surface area contributed by atoms with E-state index >= 15 is 0 Å². The molecule has 23 heavy (non-hydrogen) atoms. The predicted octanol–water partition coefficient (Wildman–Crippen LogP) is 2.93. The lowest BCUT2D eigenvalue weighted by Crippen LogP contribution is -2.20. The molecule has 1 amide bonds. The summed E-state index contributed by atoms with van der Waals surface area (Å²) < 4.78 is 12.0. The van der Waals surface area contributed by atoms with Crippen LogP contribution in [0.3, 0.4) is 0 Å². The normalized spacial score (nSPS) is 11.7. The average molecular weight is 352 g/mol. The maximum Gasteiger partial charge on any atom is 0.335 e. The fourth-order valence-electron chi connectivity index (χ4n) is 1.89. The largest absolute Gasteiger partial charge is 0.478 e. The topological polar surface area (TPSA) is 83.5 Å². The first-order valence-electron chi connectivity index (χ1n) is 6.66. The summed E-state index contributed by atoms with van der Waals surface area (Å²) >= 11 is 5.82. The van der Waals surface area contributed by atoms with E-state index in [2.05, 4.69) is 5.32 Å². The Labute approximate surface area is 140 Å². The number of hydrogen-bond donors (Lipinski definition) is 2. The van der Waals surface area contributed by atoms with Crippen molar-refractivity contribution in [1.82, 2.24) is 0 Å². The molecular formula is C16H14ClNO4S. The molecule has 2 aromatic carbocycles. The highest BCUT2D eigenvalue weighted by atomic mass is 35.5. The highest BCUT2D eigenvalue weighted by molar-refractivity contribution is 7.84. The van der Waals surface area contributed by atoms with Crippen LogP contribution in [0.15, 0.2) is 48.5 Å². The van der Waals surface area contributed by atoms with E-state index in [1.165, 1.54) is 12.1 Å². The standard InChI is InChI=1S/C16H14ClNO4S/c17-13-2-1-3-14(8-13)18-15(19)10-23(22)9-11-4-6-12(7-5-11)16(20)21/h1-8H,9-10H2,(H,18,19)(H,20,21). The number of aromatic carboxylic acids is 1. The molecule has 0 heterocycles. The summed E-state index contributed by atoms with van der Waals surface area (Å²) in [6.45, 7) is 0. The Morgan fingerprint density at radius 2 is 1.83 bits per heavy atom. The van der Waals surface area contributed by atoms with Crippen LogP contribution in [0.4, 0.5) is 5.69 Å². The molecule has 5 nitrogen and oxygen atoms in total. The monoisotopic (exact) mass is 351 g/mol. The number of nitrogens with one attached hydrogen (secondary N) is 1. The molecule has 0 aliphatic heterocycles. The number of halogens is 1. The minimum atomic E-state index is -1.39. The maximum absolute atomic E-state index is 12.0. The van der Waals surface area contributed by atoms with Crippen molar-refractivity contribution in [2.45, 2.75) is 5.75 Å². The van der Waals surface area contributed by atoms with Gasteiger partial charge in [0, 0.05) is 27.3 Å². The van der Waals surface area contributed by atoms with Crippen LogP contribution >= 0.6 is 11.6 Å². The third kappa shape index (κ3) is 5.50. The van der Waals surface area contributed by atoms with Crippen LogP contribution in [0, 0.1) is 0 Å². The summed E-state index contributed by atoms with van der Waals surface area (Å²) in [6, 6.07) is 12.8. The zero-order valence-corrected chi connectivity index (χ0v) is 13.6. The van der Waals surface area contributed by atoms with Crippen LogP contribution in [-0.4, -0.2) is 26.9 Å². The van der Waals surface area contributed by atoms with Crippen LogP contribution in [0.2, 0.25) is 5.02 Å². The summed E-state index contributed by atoms with van der Waals surface area (Å²) in [5.41, 5.74) is 1.42. The van der Waals surface area contributed by atoms with Crippen molar-refractivity contribution in [1.29, 1.82) is 0 Å². The number of benzene rings is 2. The van der Waals surface area contributed by atoms with Crippen LogP contribution in [-0.2, 0) is 21.3 Å². The fourth-order valence-corrected chi connectivity index (χ4v) is 3.11. The molecule has 0 bridgehead atoms. The third-order valence-corrected chi connectivity index (χ3v) is 4.40. The number of carbonyl (C=O) groups is 2. The highest BCUT2D eigenvalue weighted by Gasteiger charge is 2.10. The third-order valence-electron chi connectivity index (χ3n) is 2.93. The van der Waals surface area contributed by atoms with Crippen molar-refractivity contribution in [3.8, 4) is 0 Å². The number of carboxylic acid groups (broad SMARTS) is 1. The van der Waals surface area contributed by atoms with E-state index in [1.54, 1.807) is 36.4 Å². The van der Waals surface area contributed by atoms with Gasteiger partial charge in [-0.2, -0.15) is 0 Å². The summed E-state index contributed by atoms with van der Waals surface area (Å²) in [4.78, 5) is 22.6. The molecule has 0 aromatic heterocycles. The van der Waals surface area contributed by atoms with Crippen LogP contribution in [0.1, 0.15) is 15.9 Å². The van der Waals surface area contributed by atoms with Gasteiger partial charge in [-0.05, 0) is 35.9 Å². The summed E-state index contributed by atoms with van der Waals surface area (Å²) in [5, 5.41) is 11.9. The Balaban J connectivity index is 1.88. The van der Waals surface area contributed by atoms with E-state index in [4.69, 9.17) is 16.7 Å². The molecule has 1 unspecified atom stereocenters. The van der Waals surface area contributed by atoms with Gasteiger partial charge in [0.05, 0.1) is 5.56 Å². The first-order chi connectivity index (χ1) is 10.9. The van der Waals surface area contributed by atoms with Gasteiger partial charge < -0.3 is 10.4 Å². The molecule has 7 heteroatoms. The molecule has 2 N–H and O–H groups in total. The molecule has 0 aliphatic carbocycles. The Morgan fingerprint density at radius 3 is 2.43 bits per heavy atom. The van der Waals surface area contributed by atoms with Crippen molar-refractivity contribution in [2.24, 2.45) is 0 Å². The van der Waals surface area contributed by atoms with E-state index in [1.807, 2.05) is 0 Å². The van der Waals surface area contributed by atoms with Crippen molar-refractivity contribution < 1.29 is 18.9 Å². The Kier molecular flexibility index (Phi) is 5.90. The second-order valence-electron chi connectivity index (χ2n) is 4.79. The van der Waals surface area contributed by atoms with Gasteiger partial charge in [-0.25, -0.2) is 4.79 Å². The molecule has 2 aromatic rings. The van der Waals surface area contributed by atoms with E-state index < -0.39 is 16.8 Å². The van der Waals surface area contributed by atoms with E-state index in [0.29, 0.717) is 16.3 Å². The Hall–Kier alpha value is -2.18. The molecule has 1 atom stereocenters. The molecule has 2 rings (SSSR count). The number of carboxylic acids is 1. The Bertz CT molecular complexity index is 746. The molecule has 0 fully saturated rings. The SMILES string of the molecule is O=C(CS(=O)Cc1ccc(C(=O)O)cc1)Nc1cccc(Cl)c1. The maximum atomic E-state index is 12.0. The van der Waals surface area contributed by atoms with Crippen LogP contribution in [0.25, 0.3) is 0 Å². The molecule has 0 saturated heterocycles. The smallest absolute Gasteiger partial charge is 0.335 e. The first kappa shape index (κ1) is 17.2. The van der Waals surface area contributed by atoms with Gasteiger partial charge in [0.1, 0.15) is 5.75 Å². The zero-order chi connectivity index (χ0) is 16.8. The van der Waals surface area contributed by atoms with E-state index in [-0.39, 0.29) is 23.0 Å². The van der Waals surface area contributed by atoms with Gasteiger partial charge in [0.25, 0.3) is 0 Å². The van der Waals surface area contributed by atoms with Gasteiger partial charge in [-0.3, -0.25) is 9.00 Å². The zero-order valence-electron chi connectivity index (χ0n) is 12.0. The number of amides is 1. The van der Waals surface area contributed by atoms with Gasteiger partial charge in [-0.1, -0.05) is 29.8 Å². The average Bonchev–Trinajstić information content (AvgIpc) is 2.47. The van der Waals surface area contributed by atoms with Crippen molar-refractivity contribution in [2.75, 3.05) is 11.1 Å². The number of rotatable bonds is 6. The fraction of sp³-hybridized carbons (Fsp3) is 0.125. The van der Waals surface area contributed by atoms with Crippen LogP contribution < -0.4 is 5.32 Å². The van der Waals surface area contributed by atoms with Crippen molar-refractivity contribution in [3.05, 3.63) is 64.7 Å². The minimum Gasteiger partial charge on any atom is -0.478 e. The predicted molar refractivity (Wildman–Crippen MR) is 90.2 cm³/mol. The lowest BCUT2D eigenvalue weighted by atomic mass is 10.1. The van der Waals surface area contributed by atoms with Crippen LogP contribution in [0.5, 0.6) is 0 Å². The van der Waals surface area contributed by atoms with Gasteiger partial charge in [-0.15, -0.1) is 0 Å². The molecule has 0 spiro atoms. The quantitative estimate of drug-likeness (QED) is 0.838. The minimum absolute atomic E-state index is 0.146. The summed E-state index contributed by atoms with van der Waals surface area (Å²) in [6.07, 6.45) is 0. The van der Waals surface area contributed by atoms with Crippen molar-refractivity contribution in [3.63, 3.8) is 0 Å². The van der Waals surface area contributed by atoms with Gasteiger partial charge >= 0.3 is 5.97 Å². The molecule has 120 valence electrons. The van der Waals surface area contributed by atoms with Gasteiger partial charge in [0.15, 0.2) is 0 Å². The summed E-state index contributed by atoms with van der Waals surface area (Å²) in [5.74, 6) is -1.35. The number of hydrogen-bond acceptors (Lipinski definition) is 3. The van der Waals surface area contributed by atoms with Crippen molar-refractivity contribution >= 4 is 40.0 Å². The number of anilines is 1. The van der Waals surface area contributed by atoms with Gasteiger partial charge in [0.2, 0.25) is 5.91 Å². The molecular weight excluding hydrogens is 338 g/mol. The second-order valence-corrected chi connectivity index (χ2v) is 6.68. The molecule has 0 radical (unpaired) electrons.